The summed E-state index contributed by atoms with van der Waals surface area (Å²) in [6, 6.07) is 11.5. The monoisotopic (exact) mass is 608 g/mol. The van der Waals surface area contributed by atoms with Gasteiger partial charge in [-0.25, -0.2) is 4.98 Å². The van der Waals surface area contributed by atoms with Gasteiger partial charge in [-0.15, -0.1) is 0 Å². The van der Waals surface area contributed by atoms with E-state index in [9.17, 15) is 14.7 Å². The van der Waals surface area contributed by atoms with E-state index in [2.05, 4.69) is 24.5 Å². The number of methoxy groups -OCH3 is 3. The zero-order valence-corrected chi connectivity index (χ0v) is 26.3. The highest BCUT2D eigenvalue weighted by Gasteiger charge is 2.37. The molecule has 1 aliphatic rings. The molecule has 1 atom stereocenters. The van der Waals surface area contributed by atoms with E-state index >= 15 is 0 Å². The maximum Gasteiger partial charge on any atom is 0.268 e. The van der Waals surface area contributed by atoms with Gasteiger partial charge in [0.15, 0.2) is 11.6 Å². The van der Waals surface area contributed by atoms with Gasteiger partial charge >= 0.3 is 0 Å². The first-order chi connectivity index (χ1) is 21.3. The van der Waals surface area contributed by atoms with Crippen LogP contribution in [0.2, 0.25) is 0 Å². The van der Waals surface area contributed by atoms with E-state index in [1.165, 1.54) is 7.11 Å². The van der Waals surface area contributed by atoms with Crippen molar-refractivity contribution in [2.24, 2.45) is 5.92 Å². The van der Waals surface area contributed by atoms with Gasteiger partial charge in [-0.2, -0.15) is 0 Å². The van der Waals surface area contributed by atoms with Crippen LogP contribution in [0.1, 0.15) is 53.2 Å². The molecular weight excluding hydrogens is 564 g/mol. The van der Waals surface area contributed by atoms with Crippen LogP contribution in [0.25, 0.3) is 11.4 Å². The third-order valence-corrected chi connectivity index (χ3v) is 7.73. The predicted octanol–water partition coefficient (Wildman–Crippen LogP) is 3.81. The summed E-state index contributed by atoms with van der Waals surface area (Å²) < 4.78 is 23.2. The van der Waals surface area contributed by atoms with Gasteiger partial charge in [-0.1, -0.05) is 44.2 Å². The van der Waals surface area contributed by atoms with E-state index in [0.29, 0.717) is 67.7 Å². The first-order valence-corrected chi connectivity index (χ1v) is 15.0. The smallest absolute Gasteiger partial charge is 0.268 e. The lowest BCUT2D eigenvalue weighted by Crippen LogP contribution is -2.37. The van der Waals surface area contributed by atoms with Crippen LogP contribution in [0.15, 0.2) is 41.2 Å². The van der Waals surface area contributed by atoms with Gasteiger partial charge in [-0.05, 0) is 35.4 Å². The summed E-state index contributed by atoms with van der Waals surface area (Å²) in [5.41, 5.74) is 2.52. The molecule has 0 radical (unpaired) electrons. The molecule has 2 aromatic heterocycles. The number of amides is 1. The Morgan fingerprint density at radius 1 is 1.05 bits per heavy atom. The van der Waals surface area contributed by atoms with E-state index in [1.807, 2.05) is 36.4 Å². The van der Waals surface area contributed by atoms with E-state index < -0.39 is 11.5 Å². The number of pyridine rings is 2. The SMILES string of the molecule is COCCCOc1cc2c(nc1NCCOC)-c1c(c(O)c(C(=O)NCCOC)c(=O)n1Cc1ccccc1)C(C(C)C)C2. The molecule has 238 valence electrons. The molecule has 1 amide bonds. The normalized spacial score (nSPS) is 13.8. The Hall–Kier alpha value is -3.93. The highest BCUT2D eigenvalue weighted by molar-refractivity contribution is 5.98. The lowest BCUT2D eigenvalue weighted by molar-refractivity contribution is 0.0932. The fourth-order valence-electron chi connectivity index (χ4n) is 5.51. The molecule has 3 aromatic rings. The van der Waals surface area contributed by atoms with Gasteiger partial charge in [-0.3, -0.25) is 9.59 Å². The number of rotatable bonds is 16. The molecule has 0 spiro atoms. The number of carbonyl (C=O) groups excluding carboxylic acids is 1. The Morgan fingerprint density at radius 3 is 2.43 bits per heavy atom. The number of ether oxygens (including phenoxy) is 4. The van der Waals surface area contributed by atoms with Crippen LogP contribution in [0.5, 0.6) is 11.5 Å². The summed E-state index contributed by atoms with van der Waals surface area (Å²) in [5.74, 6) is 0.0387. The van der Waals surface area contributed by atoms with Crippen LogP contribution in [0.4, 0.5) is 5.82 Å². The summed E-state index contributed by atoms with van der Waals surface area (Å²) in [4.78, 5) is 32.6. The molecule has 11 nitrogen and oxygen atoms in total. The van der Waals surface area contributed by atoms with Gasteiger partial charge in [0.1, 0.15) is 11.3 Å². The molecular formula is C33H44N4O7. The molecule has 4 rings (SSSR count). The standard InChI is InChI=1S/C33H44N4O7/c1-21(2)24-18-23-19-25(44-15-9-14-41-3)31(34-12-16-42-4)36-28(23)29-26(24)30(38)27(32(39)35-13-17-43-5)33(40)37(29)20-22-10-7-6-8-11-22/h6-8,10-11,19,21,24,38H,9,12-18,20H2,1-5H3,(H,34,36)(H,35,39). The Morgan fingerprint density at radius 2 is 1.75 bits per heavy atom. The average Bonchev–Trinajstić information content (AvgIpc) is 3.01. The van der Waals surface area contributed by atoms with Crippen molar-refractivity contribution in [3.63, 3.8) is 0 Å². The van der Waals surface area contributed by atoms with Gasteiger partial charge in [0.25, 0.3) is 11.5 Å². The van der Waals surface area contributed by atoms with Crippen molar-refractivity contribution < 1.29 is 28.8 Å². The number of hydrogen-bond donors (Lipinski definition) is 3. The van der Waals surface area contributed by atoms with Gasteiger partial charge in [0.2, 0.25) is 0 Å². The quantitative estimate of drug-likeness (QED) is 0.208. The minimum atomic E-state index is -0.642. The van der Waals surface area contributed by atoms with Crippen LogP contribution in [0.3, 0.4) is 0 Å². The summed E-state index contributed by atoms with van der Waals surface area (Å²) in [6.07, 6.45) is 1.25. The summed E-state index contributed by atoms with van der Waals surface area (Å²) >= 11 is 0. The Kier molecular flexibility index (Phi) is 11.8. The van der Waals surface area contributed by atoms with Crippen molar-refractivity contribution in [1.29, 1.82) is 0 Å². The van der Waals surface area contributed by atoms with E-state index in [1.54, 1.807) is 18.8 Å². The molecule has 0 fully saturated rings. The lowest BCUT2D eigenvalue weighted by Gasteiger charge is -2.33. The van der Waals surface area contributed by atoms with E-state index in [0.717, 1.165) is 11.1 Å². The lowest BCUT2D eigenvalue weighted by atomic mass is 9.76. The number of fused-ring (bicyclic) bond motifs is 3. The number of hydrogen-bond acceptors (Lipinski definition) is 9. The first kappa shape index (κ1) is 33.0. The predicted molar refractivity (Wildman–Crippen MR) is 169 cm³/mol. The number of anilines is 1. The average molecular weight is 609 g/mol. The summed E-state index contributed by atoms with van der Waals surface area (Å²) in [7, 11) is 4.81. The second kappa shape index (κ2) is 15.7. The Bertz CT molecular complexity index is 1470. The van der Waals surface area contributed by atoms with Crippen molar-refractivity contribution in [1.82, 2.24) is 14.9 Å². The van der Waals surface area contributed by atoms with Crippen LogP contribution in [-0.4, -0.2) is 81.4 Å². The van der Waals surface area contributed by atoms with Crippen molar-refractivity contribution >= 4 is 11.7 Å². The van der Waals surface area contributed by atoms with E-state index in [4.69, 9.17) is 23.9 Å². The van der Waals surface area contributed by atoms with Crippen molar-refractivity contribution in [2.75, 3.05) is 66.2 Å². The minimum absolute atomic E-state index is 0.0745. The Balaban J connectivity index is 1.96. The molecule has 3 N–H and O–H groups in total. The second-order valence-corrected chi connectivity index (χ2v) is 11.1. The number of aromatic hydroxyl groups is 1. The number of carbonyl (C=O) groups is 1. The fourth-order valence-corrected chi connectivity index (χ4v) is 5.51. The molecule has 0 saturated heterocycles. The second-order valence-electron chi connectivity index (χ2n) is 11.1. The van der Waals surface area contributed by atoms with Gasteiger partial charge in [0, 0.05) is 53.0 Å². The van der Waals surface area contributed by atoms with Crippen LogP contribution < -0.4 is 20.9 Å². The molecule has 0 saturated carbocycles. The van der Waals surface area contributed by atoms with Crippen molar-refractivity contribution in [2.45, 2.75) is 39.2 Å². The van der Waals surface area contributed by atoms with Crippen LogP contribution in [-0.2, 0) is 27.2 Å². The largest absolute Gasteiger partial charge is 0.507 e. The molecule has 0 bridgehead atoms. The minimum Gasteiger partial charge on any atom is -0.507 e. The summed E-state index contributed by atoms with van der Waals surface area (Å²) in [5, 5.41) is 17.8. The highest BCUT2D eigenvalue weighted by atomic mass is 16.5. The zero-order valence-electron chi connectivity index (χ0n) is 26.3. The molecule has 1 aromatic carbocycles. The van der Waals surface area contributed by atoms with Crippen LogP contribution in [0, 0.1) is 5.92 Å². The third-order valence-electron chi connectivity index (χ3n) is 7.73. The number of benzene rings is 1. The maximum absolute atomic E-state index is 14.2. The summed E-state index contributed by atoms with van der Waals surface area (Å²) in [6.45, 7) is 6.75. The molecule has 0 aliphatic heterocycles. The fraction of sp³-hybridized carbons (Fsp3) is 0.485. The van der Waals surface area contributed by atoms with Crippen molar-refractivity contribution in [3.8, 4) is 22.9 Å². The molecule has 2 heterocycles. The third kappa shape index (κ3) is 7.40. The van der Waals surface area contributed by atoms with Gasteiger partial charge < -0.3 is 39.3 Å². The van der Waals surface area contributed by atoms with Gasteiger partial charge in [0.05, 0.1) is 37.8 Å². The topological polar surface area (TPSA) is 133 Å². The maximum atomic E-state index is 14.2. The first-order valence-electron chi connectivity index (χ1n) is 15.0. The van der Waals surface area contributed by atoms with Crippen LogP contribution >= 0.6 is 0 Å². The molecule has 44 heavy (non-hydrogen) atoms. The molecule has 11 heteroatoms. The number of nitrogens with one attached hydrogen (secondary N) is 2. The van der Waals surface area contributed by atoms with E-state index in [-0.39, 0.29) is 42.8 Å². The molecule has 1 unspecified atom stereocenters. The Labute approximate surface area is 258 Å². The number of aromatic nitrogens is 2. The zero-order chi connectivity index (χ0) is 31.6. The number of nitrogens with zero attached hydrogens (tertiary/aromatic N) is 2. The van der Waals surface area contributed by atoms with Crippen molar-refractivity contribution in [3.05, 3.63) is 69.0 Å². The highest BCUT2D eigenvalue weighted by Crippen LogP contribution is 2.48. The molecule has 1 aliphatic carbocycles.